The fourth-order valence-corrected chi connectivity index (χ4v) is 2.53. The zero-order valence-corrected chi connectivity index (χ0v) is 9.68. The van der Waals surface area contributed by atoms with E-state index in [0.29, 0.717) is 6.42 Å². The molecule has 0 saturated heterocycles. The second-order valence-electron chi connectivity index (χ2n) is 3.77. The number of hydrogen-bond acceptors (Lipinski definition) is 2. The Labute approximate surface area is 91.6 Å². The summed E-state index contributed by atoms with van der Waals surface area (Å²) in [5.41, 5.74) is -1.01. The van der Waals surface area contributed by atoms with E-state index in [9.17, 15) is 13.7 Å². The summed E-state index contributed by atoms with van der Waals surface area (Å²) in [6.07, 6.45) is 0.493. The van der Waals surface area contributed by atoms with Crippen LogP contribution in [0.4, 0.5) is 4.39 Å². The molecule has 0 bridgehead atoms. The zero-order chi connectivity index (χ0) is 11.5. The van der Waals surface area contributed by atoms with E-state index in [4.69, 9.17) is 0 Å². The molecule has 0 aromatic heterocycles. The van der Waals surface area contributed by atoms with Gasteiger partial charge in [-0.3, -0.25) is 4.21 Å². The molecule has 4 heteroatoms. The fourth-order valence-electron chi connectivity index (χ4n) is 1.09. The van der Waals surface area contributed by atoms with Crippen LogP contribution in [0, 0.1) is 5.82 Å². The lowest BCUT2D eigenvalue weighted by Gasteiger charge is -2.20. The maximum absolute atomic E-state index is 13.2. The molecular formula is C11H15FO2S. The molecule has 15 heavy (non-hydrogen) atoms. The van der Waals surface area contributed by atoms with Gasteiger partial charge in [0.15, 0.2) is 0 Å². The van der Waals surface area contributed by atoms with Crippen LogP contribution in [-0.4, -0.2) is 20.7 Å². The van der Waals surface area contributed by atoms with Crippen molar-refractivity contribution in [3.05, 3.63) is 30.1 Å². The van der Waals surface area contributed by atoms with Crippen molar-refractivity contribution in [3.8, 4) is 0 Å². The molecule has 0 aliphatic carbocycles. The van der Waals surface area contributed by atoms with Crippen LogP contribution < -0.4 is 0 Å². The summed E-state index contributed by atoms with van der Waals surface area (Å²) in [6.45, 7) is 3.41. The van der Waals surface area contributed by atoms with E-state index < -0.39 is 22.2 Å². The standard InChI is InChI=1S/C11H15FO2S/c1-3-11(2,13)8-15(14)10-7-5-4-6-9(10)12/h4-7,13H,3,8H2,1-2H3. The maximum atomic E-state index is 13.2. The minimum Gasteiger partial charge on any atom is -0.389 e. The van der Waals surface area contributed by atoms with Gasteiger partial charge in [0, 0.05) is 0 Å². The zero-order valence-electron chi connectivity index (χ0n) is 8.87. The molecule has 1 aromatic rings. The topological polar surface area (TPSA) is 37.3 Å². The highest BCUT2D eigenvalue weighted by Crippen LogP contribution is 2.17. The Morgan fingerprint density at radius 3 is 2.60 bits per heavy atom. The molecule has 2 atom stereocenters. The van der Waals surface area contributed by atoms with E-state index in [1.165, 1.54) is 12.1 Å². The molecule has 1 rings (SSSR count). The molecule has 0 saturated carbocycles. The highest BCUT2D eigenvalue weighted by Gasteiger charge is 2.23. The van der Waals surface area contributed by atoms with E-state index in [2.05, 4.69) is 0 Å². The van der Waals surface area contributed by atoms with E-state index in [1.807, 2.05) is 0 Å². The van der Waals surface area contributed by atoms with E-state index in [0.717, 1.165) is 0 Å². The van der Waals surface area contributed by atoms with Crippen LogP contribution in [-0.2, 0) is 10.8 Å². The molecule has 0 aliphatic rings. The lowest BCUT2D eigenvalue weighted by Crippen LogP contribution is -2.30. The summed E-state index contributed by atoms with van der Waals surface area (Å²) in [6, 6.07) is 5.94. The number of halogens is 1. The van der Waals surface area contributed by atoms with Crippen LogP contribution >= 0.6 is 0 Å². The van der Waals surface area contributed by atoms with Crippen LogP contribution in [0.5, 0.6) is 0 Å². The summed E-state index contributed by atoms with van der Waals surface area (Å²) in [7, 11) is -1.49. The third kappa shape index (κ3) is 3.39. The number of rotatable bonds is 4. The quantitative estimate of drug-likeness (QED) is 0.860. The molecule has 84 valence electrons. The lowest BCUT2D eigenvalue weighted by molar-refractivity contribution is 0.0806. The minimum absolute atomic E-state index is 0.0600. The monoisotopic (exact) mass is 230 g/mol. The minimum atomic E-state index is -1.49. The number of hydrogen-bond donors (Lipinski definition) is 1. The molecule has 0 radical (unpaired) electrons. The van der Waals surface area contributed by atoms with Gasteiger partial charge in [0.1, 0.15) is 5.82 Å². The van der Waals surface area contributed by atoms with Gasteiger partial charge < -0.3 is 5.11 Å². The lowest BCUT2D eigenvalue weighted by atomic mass is 10.1. The van der Waals surface area contributed by atoms with Crippen LogP contribution in [0.15, 0.2) is 29.2 Å². The maximum Gasteiger partial charge on any atom is 0.139 e. The van der Waals surface area contributed by atoms with Gasteiger partial charge in [-0.05, 0) is 25.5 Å². The summed E-state index contributed by atoms with van der Waals surface area (Å²) < 4.78 is 25.0. The Morgan fingerprint density at radius 1 is 1.47 bits per heavy atom. The summed E-state index contributed by atoms with van der Waals surface area (Å²) in [5, 5.41) is 9.73. The SMILES string of the molecule is CCC(C)(O)CS(=O)c1ccccc1F. The van der Waals surface area contributed by atoms with Gasteiger partial charge in [-0.15, -0.1) is 0 Å². The molecule has 1 aromatic carbocycles. The van der Waals surface area contributed by atoms with Gasteiger partial charge >= 0.3 is 0 Å². The van der Waals surface area contributed by atoms with E-state index in [1.54, 1.807) is 26.0 Å². The van der Waals surface area contributed by atoms with E-state index in [-0.39, 0.29) is 10.6 Å². The molecule has 0 heterocycles. The largest absolute Gasteiger partial charge is 0.389 e. The molecule has 2 nitrogen and oxygen atoms in total. The average molecular weight is 230 g/mol. The van der Waals surface area contributed by atoms with Crippen molar-refractivity contribution in [2.75, 3.05) is 5.75 Å². The van der Waals surface area contributed by atoms with Crippen molar-refractivity contribution in [1.82, 2.24) is 0 Å². The molecule has 0 spiro atoms. The normalized spacial score (nSPS) is 17.1. The predicted octanol–water partition coefficient (Wildman–Crippen LogP) is 2.09. The molecule has 0 amide bonds. The Morgan fingerprint density at radius 2 is 2.07 bits per heavy atom. The van der Waals surface area contributed by atoms with Gasteiger partial charge in [0.25, 0.3) is 0 Å². The number of aliphatic hydroxyl groups is 1. The van der Waals surface area contributed by atoms with Crippen molar-refractivity contribution < 1.29 is 13.7 Å². The van der Waals surface area contributed by atoms with Gasteiger partial charge in [0.2, 0.25) is 0 Å². The Balaban J connectivity index is 2.83. The van der Waals surface area contributed by atoms with Crippen molar-refractivity contribution in [2.45, 2.75) is 30.8 Å². The van der Waals surface area contributed by atoms with Crippen molar-refractivity contribution in [3.63, 3.8) is 0 Å². The van der Waals surface area contributed by atoms with Crippen molar-refractivity contribution in [2.24, 2.45) is 0 Å². The summed E-state index contributed by atoms with van der Waals surface area (Å²) in [4.78, 5) is 0.159. The average Bonchev–Trinajstić information content (AvgIpc) is 2.17. The van der Waals surface area contributed by atoms with Crippen LogP contribution in [0.2, 0.25) is 0 Å². The van der Waals surface area contributed by atoms with Crippen LogP contribution in [0.25, 0.3) is 0 Å². The highest BCUT2D eigenvalue weighted by molar-refractivity contribution is 7.85. The van der Waals surface area contributed by atoms with Crippen LogP contribution in [0.1, 0.15) is 20.3 Å². The second-order valence-corrected chi connectivity index (χ2v) is 5.19. The molecule has 0 aliphatic heterocycles. The first-order valence-electron chi connectivity index (χ1n) is 4.81. The summed E-state index contributed by atoms with van der Waals surface area (Å²) >= 11 is 0. The first-order chi connectivity index (χ1) is 6.96. The molecular weight excluding hydrogens is 215 g/mol. The van der Waals surface area contributed by atoms with Gasteiger partial charge in [-0.25, -0.2) is 4.39 Å². The van der Waals surface area contributed by atoms with Gasteiger partial charge in [-0.2, -0.15) is 0 Å². The Kier molecular flexibility index (Phi) is 3.99. The van der Waals surface area contributed by atoms with Gasteiger partial charge in [-0.1, -0.05) is 19.1 Å². The third-order valence-corrected chi connectivity index (χ3v) is 3.99. The smallest absolute Gasteiger partial charge is 0.139 e. The predicted molar refractivity (Wildman–Crippen MR) is 58.6 cm³/mol. The Hall–Kier alpha value is -0.740. The first-order valence-corrected chi connectivity index (χ1v) is 6.13. The van der Waals surface area contributed by atoms with Crippen LogP contribution in [0.3, 0.4) is 0 Å². The van der Waals surface area contributed by atoms with Crippen molar-refractivity contribution in [1.29, 1.82) is 0 Å². The molecule has 2 unspecified atom stereocenters. The second kappa shape index (κ2) is 4.86. The number of benzene rings is 1. The van der Waals surface area contributed by atoms with E-state index >= 15 is 0 Å². The molecule has 0 fully saturated rings. The Bertz CT molecular complexity index is 363. The summed E-state index contributed by atoms with van der Waals surface area (Å²) in [5.74, 6) is -0.424. The highest BCUT2D eigenvalue weighted by atomic mass is 32.2. The van der Waals surface area contributed by atoms with Crippen molar-refractivity contribution >= 4 is 10.8 Å². The first kappa shape index (κ1) is 12.3. The third-order valence-electron chi connectivity index (χ3n) is 2.29. The van der Waals surface area contributed by atoms with Gasteiger partial charge in [0.05, 0.1) is 27.0 Å². The fraction of sp³-hybridized carbons (Fsp3) is 0.455. The molecule has 1 N–H and O–H groups in total.